The Morgan fingerprint density at radius 3 is 2.73 bits per heavy atom. The first-order valence-electron chi connectivity index (χ1n) is 9.09. The molecule has 0 bridgehead atoms. The maximum absolute atomic E-state index is 13.3. The van der Waals surface area contributed by atoms with E-state index < -0.39 is 0 Å². The van der Waals surface area contributed by atoms with Crippen LogP contribution in [0, 0.1) is 11.7 Å². The van der Waals surface area contributed by atoms with Crippen molar-refractivity contribution >= 4 is 11.8 Å². The average Bonchev–Trinajstić information content (AvgIpc) is 3.01. The Morgan fingerprint density at radius 2 is 2.04 bits per heavy atom. The first kappa shape index (κ1) is 18.8. The largest absolute Gasteiger partial charge is 0.383 e. The van der Waals surface area contributed by atoms with Crippen molar-refractivity contribution in [3.63, 3.8) is 0 Å². The summed E-state index contributed by atoms with van der Waals surface area (Å²) in [5.41, 5.74) is 0.944. The summed E-state index contributed by atoms with van der Waals surface area (Å²) < 4.78 is 18.3. The number of carbonyl (C=O) groups is 2. The molecule has 0 radical (unpaired) electrons. The molecule has 2 amide bonds. The lowest BCUT2D eigenvalue weighted by molar-refractivity contribution is -0.137. The first-order chi connectivity index (χ1) is 12.6. The molecule has 2 aliphatic rings. The van der Waals surface area contributed by atoms with E-state index in [-0.39, 0.29) is 23.5 Å². The fourth-order valence-corrected chi connectivity index (χ4v) is 3.63. The molecule has 1 aromatic carbocycles. The number of halogens is 1. The predicted octanol–water partition coefficient (Wildman–Crippen LogP) is 0.965. The molecule has 0 N–H and O–H groups in total. The zero-order valence-electron chi connectivity index (χ0n) is 15.2. The Balaban J connectivity index is 1.47. The number of rotatable bonds is 6. The highest BCUT2D eigenvalue weighted by Crippen LogP contribution is 2.21. The molecule has 7 heteroatoms. The van der Waals surface area contributed by atoms with Crippen LogP contribution in [0.1, 0.15) is 12.0 Å². The van der Waals surface area contributed by atoms with E-state index in [2.05, 4.69) is 4.90 Å². The summed E-state index contributed by atoms with van der Waals surface area (Å²) in [4.78, 5) is 30.5. The summed E-state index contributed by atoms with van der Waals surface area (Å²) in [6, 6.07) is 6.63. The lowest BCUT2D eigenvalue weighted by Crippen LogP contribution is -2.50. The highest BCUT2D eigenvalue weighted by molar-refractivity contribution is 5.89. The molecule has 26 heavy (non-hydrogen) atoms. The Morgan fingerprint density at radius 1 is 1.27 bits per heavy atom. The highest BCUT2D eigenvalue weighted by atomic mass is 19.1. The van der Waals surface area contributed by atoms with Gasteiger partial charge in [-0.3, -0.25) is 14.5 Å². The number of piperazine rings is 1. The third-order valence-electron chi connectivity index (χ3n) is 5.11. The Labute approximate surface area is 153 Å². The lowest BCUT2D eigenvalue weighted by Gasteiger charge is -2.36. The summed E-state index contributed by atoms with van der Waals surface area (Å²) in [5.74, 6) is -0.358. The SMILES string of the molecule is COCCN1CC(C(=O)N2CCN(Cc3cccc(F)c3)CC2)CC1=O. The van der Waals surface area contributed by atoms with Crippen molar-refractivity contribution < 1.29 is 18.7 Å². The van der Waals surface area contributed by atoms with Crippen molar-refractivity contribution in [1.82, 2.24) is 14.7 Å². The molecule has 2 aliphatic heterocycles. The van der Waals surface area contributed by atoms with Gasteiger partial charge in [-0.1, -0.05) is 12.1 Å². The number of carbonyl (C=O) groups excluding carboxylic acids is 2. The van der Waals surface area contributed by atoms with E-state index in [0.29, 0.717) is 45.8 Å². The van der Waals surface area contributed by atoms with Gasteiger partial charge >= 0.3 is 0 Å². The monoisotopic (exact) mass is 363 g/mol. The predicted molar refractivity (Wildman–Crippen MR) is 94.8 cm³/mol. The van der Waals surface area contributed by atoms with Gasteiger partial charge in [0.25, 0.3) is 0 Å². The van der Waals surface area contributed by atoms with Gasteiger partial charge in [0.1, 0.15) is 5.82 Å². The molecule has 2 saturated heterocycles. The minimum absolute atomic E-state index is 0.0325. The smallest absolute Gasteiger partial charge is 0.228 e. The molecule has 2 fully saturated rings. The number of nitrogens with zero attached hydrogens (tertiary/aromatic N) is 3. The van der Waals surface area contributed by atoms with Crippen LogP contribution in [0.5, 0.6) is 0 Å². The van der Waals surface area contributed by atoms with Crippen molar-refractivity contribution in [1.29, 1.82) is 0 Å². The van der Waals surface area contributed by atoms with Crippen LogP contribution in [0.25, 0.3) is 0 Å². The van der Waals surface area contributed by atoms with E-state index in [1.165, 1.54) is 6.07 Å². The van der Waals surface area contributed by atoms with Crippen LogP contribution in [0.15, 0.2) is 24.3 Å². The third-order valence-corrected chi connectivity index (χ3v) is 5.11. The summed E-state index contributed by atoms with van der Waals surface area (Å²) in [5, 5.41) is 0. The van der Waals surface area contributed by atoms with Gasteiger partial charge in [0.2, 0.25) is 11.8 Å². The molecule has 2 heterocycles. The molecule has 3 rings (SSSR count). The minimum Gasteiger partial charge on any atom is -0.383 e. The molecule has 1 atom stereocenters. The number of hydrogen-bond donors (Lipinski definition) is 0. The van der Waals surface area contributed by atoms with E-state index >= 15 is 0 Å². The normalized spacial score (nSPS) is 21.5. The standard InChI is InChI=1S/C19H26FN3O3/c1-26-10-9-23-14-16(12-18(23)24)19(25)22-7-5-21(6-8-22)13-15-3-2-4-17(20)11-15/h2-4,11,16H,5-10,12-14H2,1H3. The minimum atomic E-state index is -0.242. The number of hydrogen-bond acceptors (Lipinski definition) is 4. The summed E-state index contributed by atoms with van der Waals surface area (Å²) in [7, 11) is 1.60. The van der Waals surface area contributed by atoms with Crippen LogP contribution >= 0.6 is 0 Å². The van der Waals surface area contributed by atoms with Crippen LogP contribution in [-0.4, -0.2) is 79.5 Å². The number of likely N-dealkylation sites (tertiary alicyclic amines) is 1. The Kier molecular flexibility index (Phi) is 6.21. The van der Waals surface area contributed by atoms with Gasteiger partial charge in [0.15, 0.2) is 0 Å². The molecule has 0 spiro atoms. The van der Waals surface area contributed by atoms with Crippen molar-refractivity contribution in [3.05, 3.63) is 35.6 Å². The zero-order chi connectivity index (χ0) is 18.5. The number of amides is 2. The van der Waals surface area contributed by atoms with Crippen LogP contribution < -0.4 is 0 Å². The fraction of sp³-hybridized carbons (Fsp3) is 0.579. The van der Waals surface area contributed by atoms with Gasteiger partial charge in [-0.15, -0.1) is 0 Å². The first-order valence-corrected chi connectivity index (χ1v) is 9.09. The van der Waals surface area contributed by atoms with Gasteiger partial charge in [-0.2, -0.15) is 0 Å². The Hall–Kier alpha value is -1.99. The van der Waals surface area contributed by atoms with E-state index in [9.17, 15) is 14.0 Å². The van der Waals surface area contributed by atoms with Gasteiger partial charge in [0, 0.05) is 59.3 Å². The van der Waals surface area contributed by atoms with E-state index in [1.807, 2.05) is 11.0 Å². The van der Waals surface area contributed by atoms with Crippen LogP contribution in [0.3, 0.4) is 0 Å². The van der Waals surface area contributed by atoms with E-state index in [0.717, 1.165) is 18.7 Å². The zero-order valence-corrected chi connectivity index (χ0v) is 15.2. The van der Waals surface area contributed by atoms with Crippen molar-refractivity contribution in [2.45, 2.75) is 13.0 Å². The lowest BCUT2D eigenvalue weighted by atomic mass is 10.1. The molecule has 0 saturated carbocycles. The maximum atomic E-state index is 13.3. The second-order valence-electron chi connectivity index (χ2n) is 6.96. The molecular weight excluding hydrogens is 337 g/mol. The van der Waals surface area contributed by atoms with Gasteiger partial charge in [0.05, 0.1) is 12.5 Å². The van der Waals surface area contributed by atoms with Gasteiger partial charge in [-0.25, -0.2) is 4.39 Å². The van der Waals surface area contributed by atoms with Gasteiger partial charge in [-0.05, 0) is 17.7 Å². The summed E-state index contributed by atoms with van der Waals surface area (Å²) in [6.45, 7) is 5.03. The van der Waals surface area contributed by atoms with Crippen LogP contribution in [-0.2, 0) is 20.9 Å². The number of methoxy groups -OCH3 is 1. The summed E-state index contributed by atoms with van der Waals surface area (Å²) in [6.07, 6.45) is 0.298. The molecule has 1 unspecified atom stereocenters. The molecular formula is C19H26FN3O3. The topological polar surface area (TPSA) is 53.1 Å². The van der Waals surface area contributed by atoms with Crippen molar-refractivity contribution in [2.24, 2.45) is 5.92 Å². The quantitative estimate of drug-likeness (QED) is 0.756. The van der Waals surface area contributed by atoms with Crippen LogP contribution in [0.2, 0.25) is 0 Å². The molecule has 6 nitrogen and oxygen atoms in total. The second kappa shape index (κ2) is 8.60. The molecule has 0 aromatic heterocycles. The molecule has 142 valence electrons. The maximum Gasteiger partial charge on any atom is 0.228 e. The number of benzene rings is 1. The number of ether oxygens (including phenoxy) is 1. The second-order valence-corrected chi connectivity index (χ2v) is 6.96. The van der Waals surface area contributed by atoms with Crippen molar-refractivity contribution in [2.75, 3.05) is 53.0 Å². The highest BCUT2D eigenvalue weighted by Gasteiger charge is 2.36. The Bertz CT molecular complexity index is 647. The molecule has 0 aliphatic carbocycles. The molecule has 1 aromatic rings. The van der Waals surface area contributed by atoms with Gasteiger partial charge < -0.3 is 14.5 Å². The third kappa shape index (κ3) is 4.59. The van der Waals surface area contributed by atoms with Crippen LogP contribution in [0.4, 0.5) is 4.39 Å². The fourth-order valence-electron chi connectivity index (χ4n) is 3.63. The van der Waals surface area contributed by atoms with Crippen molar-refractivity contribution in [3.8, 4) is 0 Å². The summed E-state index contributed by atoms with van der Waals surface area (Å²) >= 11 is 0. The van der Waals surface area contributed by atoms with E-state index in [4.69, 9.17) is 4.74 Å². The van der Waals surface area contributed by atoms with E-state index in [1.54, 1.807) is 24.1 Å². The average molecular weight is 363 g/mol.